The minimum Gasteiger partial charge on any atom is -0.475 e. The van der Waals surface area contributed by atoms with Crippen LogP contribution in [-0.4, -0.2) is 32.7 Å². The monoisotopic (exact) mass is 409 g/mol. The summed E-state index contributed by atoms with van der Waals surface area (Å²) in [5.41, 5.74) is 4.40. The van der Waals surface area contributed by atoms with Gasteiger partial charge >= 0.3 is 0 Å². The number of pyridine rings is 2. The summed E-state index contributed by atoms with van der Waals surface area (Å²) in [6, 6.07) is 9.70. The quantitative estimate of drug-likeness (QED) is 0.412. The number of alkyl halides is 1. The van der Waals surface area contributed by atoms with E-state index < -0.39 is 0 Å². The van der Waals surface area contributed by atoms with Crippen molar-refractivity contribution in [1.82, 2.24) is 20.2 Å². The highest BCUT2D eigenvalue weighted by molar-refractivity contribution is 6.18. The molecule has 0 fully saturated rings. The molecule has 0 saturated carbocycles. The van der Waals surface area contributed by atoms with E-state index >= 15 is 0 Å². The highest BCUT2D eigenvalue weighted by Crippen LogP contribution is 2.33. The van der Waals surface area contributed by atoms with E-state index in [2.05, 4.69) is 25.5 Å². The van der Waals surface area contributed by atoms with E-state index in [9.17, 15) is 0 Å². The number of rotatable bonds is 7. The lowest BCUT2D eigenvalue weighted by Gasteiger charge is -2.12. The van der Waals surface area contributed by atoms with Crippen LogP contribution >= 0.6 is 11.6 Å². The van der Waals surface area contributed by atoms with Crippen molar-refractivity contribution in [3.63, 3.8) is 0 Å². The Morgan fingerprint density at radius 1 is 1.10 bits per heavy atom. The van der Waals surface area contributed by atoms with Gasteiger partial charge in [0.05, 0.1) is 41.1 Å². The standard InChI is InChI=1S/C21H20ClN5O2/c1-13-9-15(4-6-19(13)29-16-5-3-14(2)24-10-16)25-17-11-23-12-18-20(17)21(27-26-18)28-8-7-22/h3-6,9-12,25H,7-8H2,1-2H3,(H,26,27). The zero-order chi connectivity index (χ0) is 20.2. The largest absolute Gasteiger partial charge is 0.475 e. The van der Waals surface area contributed by atoms with Crippen LogP contribution in [0, 0.1) is 13.8 Å². The fraction of sp³-hybridized carbons (Fsp3) is 0.190. The van der Waals surface area contributed by atoms with Crippen molar-refractivity contribution in [3.05, 3.63) is 60.2 Å². The molecule has 1 aromatic carbocycles. The number of H-pyrrole nitrogens is 1. The Morgan fingerprint density at radius 3 is 2.76 bits per heavy atom. The van der Waals surface area contributed by atoms with E-state index in [0.29, 0.717) is 24.1 Å². The van der Waals surface area contributed by atoms with Gasteiger partial charge < -0.3 is 14.8 Å². The van der Waals surface area contributed by atoms with Crippen LogP contribution in [0.1, 0.15) is 11.3 Å². The normalized spacial score (nSPS) is 10.9. The van der Waals surface area contributed by atoms with Crippen LogP contribution in [0.15, 0.2) is 48.9 Å². The van der Waals surface area contributed by atoms with Gasteiger partial charge in [0.25, 0.3) is 0 Å². The van der Waals surface area contributed by atoms with Crippen molar-refractivity contribution in [2.75, 3.05) is 17.8 Å². The third-order valence-electron chi connectivity index (χ3n) is 4.32. The Balaban J connectivity index is 1.57. The zero-order valence-corrected chi connectivity index (χ0v) is 16.8. The number of anilines is 2. The molecule has 0 aliphatic rings. The lowest BCUT2D eigenvalue weighted by Crippen LogP contribution is -2.00. The van der Waals surface area contributed by atoms with Crippen molar-refractivity contribution in [3.8, 4) is 17.4 Å². The molecular formula is C21H20ClN5O2. The van der Waals surface area contributed by atoms with Gasteiger partial charge in [-0.1, -0.05) is 0 Å². The molecule has 148 valence electrons. The summed E-state index contributed by atoms with van der Waals surface area (Å²) in [4.78, 5) is 8.52. The maximum atomic E-state index is 5.94. The molecule has 0 amide bonds. The van der Waals surface area contributed by atoms with E-state index in [1.54, 1.807) is 18.6 Å². The molecule has 0 atom stereocenters. The first-order valence-corrected chi connectivity index (χ1v) is 9.66. The summed E-state index contributed by atoms with van der Waals surface area (Å²) in [5, 5.41) is 11.3. The maximum Gasteiger partial charge on any atom is 0.242 e. The number of hydrogen-bond donors (Lipinski definition) is 2. The topological polar surface area (TPSA) is 85.0 Å². The van der Waals surface area contributed by atoms with Crippen molar-refractivity contribution in [1.29, 1.82) is 0 Å². The molecule has 0 unspecified atom stereocenters. The molecule has 0 saturated heterocycles. The summed E-state index contributed by atoms with van der Waals surface area (Å²) < 4.78 is 11.6. The second kappa shape index (κ2) is 8.36. The number of aromatic amines is 1. The lowest BCUT2D eigenvalue weighted by atomic mass is 10.2. The minimum absolute atomic E-state index is 0.377. The van der Waals surface area contributed by atoms with Crippen LogP contribution in [0.2, 0.25) is 0 Å². The molecule has 4 aromatic rings. The summed E-state index contributed by atoms with van der Waals surface area (Å²) in [5.74, 6) is 2.35. The van der Waals surface area contributed by atoms with Crippen LogP contribution in [0.4, 0.5) is 11.4 Å². The molecule has 3 heterocycles. The van der Waals surface area contributed by atoms with Gasteiger partial charge in [0.15, 0.2) is 0 Å². The number of fused-ring (bicyclic) bond motifs is 1. The molecule has 0 bridgehead atoms. The van der Waals surface area contributed by atoms with Gasteiger partial charge in [0, 0.05) is 11.4 Å². The maximum absolute atomic E-state index is 5.94. The number of hydrogen-bond acceptors (Lipinski definition) is 6. The zero-order valence-electron chi connectivity index (χ0n) is 16.1. The SMILES string of the molecule is Cc1ccc(Oc2ccc(Nc3cncc4[nH]nc(OCCCl)c34)cc2C)cn1. The van der Waals surface area contributed by atoms with Gasteiger partial charge in [-0.2, -0.15) is 0 Å². The van der Waals surface area contributed by atoms with Crippen LogP contribution in [0.5, 0.6) is 17.4 Å². The second-order valence-corrected chi connectivity index (χ2v) is 6.90. The first kappa shape index (κ1) is 19.0. The summed E-state index contributed by atoms with van der Waals surface area (Å²) in [6.45, 7) is 4.31. The number of ether oxygens (including phenoxy) is 2. The number of aryl methyl sites for hydroxylation is 2. The lowest BCUT2D eigenvalue weighted by molar-refractivity contribution is 0.332. The molecule has 8 heteroatoms. The number of aromatic nitrogens is 4. The molecule has 29 heavy (non-hydrogen) atoms. The summed E-state index contributed by atoms with van der Waals surface area (Å²) in [6.07, 6.45) is 5.16. The van der Waals surface area contributed by atoms with Gasteiger partial charge in [-0.05, 0) is 49.7 Å². The number of halogens is 1. The van der Waals surface area contributed by atoms with Crippen molar-refractivity contribution in [2.45, 2.75) is 13.8 Å². The van der Waals surface area contributed by atoms with E-state index in [1.165, 1.54) is 0 Å². The van der Waals surface area contributed by atoms with Crippen molar-refractivity contribution in [2.24, 2.45) is 0 Å². The van der Waals surface area contributed by atoms with Gasteiger partial charge in [-0.3, -0.25) is 15.1 Å². The van der Waals surface area contributed by atoms with Crippen LogP contribution < -0.4 is 14.8 Å². The Labute approximate surface area is 173 Å². The summed E-state index contributed by atoms with van der Waals surface area (Å²) in [7, 11) is 0. The van der Waals surface area contributed by atoms with E-state index in [-0.39, 0.29) is 0 Å². The van der Waals surface area contributed by atoms with Gasteiger partial charge in [-0.15, -0.1) is 16.7 Å². The highest BCUT2D eigenvalue weighted by Gasteiger charge is 2.13. The number of nitrogens with zero attached hydrogens (tertiary/aromatic N) is 3. The Bertz CT molecular complexity index is 1130. The Kier molecular flexibility index (Phi) is 5.48. The average Bonchev–Trinajstić information content (AvgIpc) is 3.14. The van der Waals surface area contributed by atoms with Gasteiger partial charge in [0.2, 0.25) is 5.88 Å². The molecule has 4 rings (SSSR count). The first-order chi connectivity index (χ1) is 14.1. The Morgan fingerprint density at radius 2 is 2.00 bits per heavy atom. The van der Waals surface area contributed by atoms with Crippen LogP contribution in [-0.2, 0) is 0 Å². The average molecular weight is 410 g/mol. The van der Waals surface area contributed by atoms with E-state index in [4.69, 9.17) is 21.1 Å². The van der Waals surface area contributed by atoms with E-state index in [1.807, 2.05) is 44.2 Å². The Hall–Kier alpha value is -3.32. The van der Waals surface area contributed by atoms with Gasteiger partial charge in [-0.25, -0.2) is 0 Å². The third-order valence-corrected chi connectivity index (χ3v) is 4.47. The smallest absolute Gasteiger partial charge is 0.242 e. The van der Waals surface area contributed by atoms with Crippen molar-refractivity contribution < 1.29 is 9.47 Å². The molecule has 0 radical (unpaired) electrons. The first-order valence-electron chi connectivity index (χ1n) is 9.13. The molecule has 2 N–H and O–H groups in total. The second-order valence-electron chi connectivity index (χ2n) is 6.52. The molecule has 0 spiro atoms. The number of nitrogens with one attached hydrogen (secondary N) is 2. The molecular weight excluding hydrogens is 390 g/mol. The molecule has 3 aromatic heterocycles. The van der Waals surface area contributed by atoms with Crippen LogP contribution in [0.25, 0.3) is 10.9 Å². The number of benzene rings is 1. The van der Waals surface area contributed by atoms with Crippen LogP contribution in [0.3, 0.4) is 0 Å². The predicted molar refractivity (Wildman–Crippen MR) is 114 cm³/mol. The highest BCUT2D eigenvalue weighted by atomic mass is 35.5. The third kappa shape index (κ3) is 4.25. The fourth-order valence-corrected chi connectivity index (χ4v) is 2.99. The molecule has 0 aliphatic carbocycles. The molecule has 7 nitrogen and oxygen atoms in total. The molecule has 0 aliphatic heterocycles. The fourth-order valence-electron chi connectivity index (χ4n) is 2.92. The predicted octanol–water partition coefficient (Wildman–Crippen LogP) is 5.12. The van der Waals surface area contributed by atoms with E-state index in [0.717, 1.165) is 39.3 Å². The van der Waals surface area contributed by atoms with Crippen molar-refractivity contribution >= 4 is 33.9 Å². The summed E-state index contributed by atoms with van der Waals surface area (Å²) >= 11 is 5.73. The van der Waals surface area contributed by atoms with Gasteiger partial charge in [0.1, 0.15) is 18.1 Å². The minimum atomic E-state index is 0.377.